The molecule has 0 radical (unpaired) electrons. The molecule has 3 aliphatic carbocycles. The third-order valence-electron chi connectivity index (χ3n) is 11.0. The second-order valence-corrected chi connectivity index (χ2v) is 19.4. The van der Waals surface area contributed by atoms with E-state index in [4.69, 9.17) is 23.2 Å². The summed E-state index contributed by atoms with van der Waals surface area (Å²) in [7, 11) is 0. The molecule has 0 bridgehead atoms. The minimum absolute atomic E-state index is 0. The molecule has 0 saturated heterocycles. The number of hydrogen-bond acceptors (Lipinski definition) is 0. The van der Waals surface area contributed by atoms with Crippen molar-refractivity contribution in [2.45, 2.75) is 66.2 Å². The van der Waals surface area contributed by atoms with Crippen LogP contribution in [-0.2, 0) is 33.1 Å². The van der Waals surface area contributed by atoms with E-state index in [1.54, 1.807) is 0 Å². The van der Waals surface area contributed by atoms with Crippen molar-refractivity contribution in [2.75, 3.05) is 0 Å². The Morgan fingerprint density at radius 2 is 1.07 bits per heavy atom. The molecule has 0 saturated carbocycles. The molecule has 292 valence electrons. The van der Waals surface area contributed by atoms with Crippen LogP contribution in [0.2, 0.25) is 10.0 Å². The number of hydrogen-bond donors (Lipinski definition) is 0. The summed E-state index contributed by atoms with van der Waals surface area (Å²) < 4.78 is 4.66. The molecule has 0 nitrogen and oxygen atoms in total. The van der Waals surface area contributed by atoms with Crippen LogP contribution in [0.25, 0.3) is 38.3 Å². The molecular weight excluding hydrogens is 858 g/mol. The molecule has 0 fully saturated rings. The molecule has 0 spiro atoms. The molecule has 3 aliphatic rings. The molecule has 9 rings (SSSR count). The summed E-state index contributed by atoms with van der Waals surface area (Å²) in [5.74, 6) is 0.468. The van der Waals surface area contributed by atoms with Gasteiger partial charge in [-0.25, -0.2) is 5.57 Å². The van der Waals surface area contributed by atoms with Gasteiger partial charge in [0.25, 0.3) is 0 Å². The van der Waals surface area contributed by atoms with E-state index < -0.39 is 22.3 Å². The Morgan fingerprint density at radius 1 is 0.632 bits per heavy atom. The number of allylic oxidation sites excluding steroid dienone is 8. The van der Waals surface area contributed by atoms with Crippen LogP contribution in [0.5, 0.6) is 0 Å². The molecule has 0 aliphatic heterocycles. The van der Waals surface area contributed by atoms with Crippen LogP contribution in [0.1, 0.15) is 94.3 Å². The van der Waals surface area contributed by atoms with Gasteiger partial charge in [0.2, 0.25) is 0 Å². The SMILES string of the molecule is CC1=CC(C)(C)c2cc3[cH-]c4cc5c(cc4c3cc21)C(C)=CC5(C)C.CC1=[C-]C(C)C=C1c1ccccc1.Clc1ccc([CH]=[Zr]=[CH]c2ccc(Cl)cc2)cc1.[Cl-].[Cl-]. The van der Waals surface area contributed by atoms with Crippen molar-refractivity contribution in [3.05, 3.63) is 188 Å². The molecule has 6 aromatic carbocycles. The van der Waals surface area contributed by atoms with Gasteiger partial charge in [0.05, 0.1) is 0 Å². The molecule has 0 amide bonds. The Bertz CT molecular complexity index is 2470. The van der Waals surface area contributed by atoms with E-state index in [0.717, 1.165) is 10.0 Å². The van der Waals surface area contributed by atoms with Crippen LogP contribution in [0, 0.1) is 12.0 Å². The van der Waals surface area contributed by atoms with Crippen LogP contribution < -0.4 is 24.8 Å². The molecule has 5 heteroatoms. The Labute approximate surface area is 373 Å². The van der Waals surface area contributed by atoms with E-state index in [1.807, 2.05) is 30.3 Å². The fourth-order valence-electron chi connectivity index (χ4n) is 8.34. The standard InChI is InChI=1S/C25H25.C13H13.2C7H5Cl.2ClH.Zr/c1-14-12-24(3,4)22-8-16-7-17-9-23-19(15(2)13-25(23,5)6)11-21(17)20(16)10-18(14)22;1-10-8-11(2)13(9-10)12-6-4-3-5-7-12;2*1-6-2-4-7(8)5-3-6;;;/h7-13H,1-6H3;3-7,9-10H,1-2H3;2*1-5H;2*1H;/q2*-1;;;;;/p-2. The van der Waals surface area contributed by atoms with Gasteiger partial charge in [0.1, 0.15) is 0 Å². The maximum Gasteiger partial charge on any atom is -1.00 e. The van der Waals surface area contributed by atoms with E-state index in [-0.39, 0.29) is 35.6 Å². The van der Waals surface area contributed by atoms with Crippen molar-refractivity contribution in [3.63, 3.8) is 0 Å². The van der Waals surface area contributed by atoms with E-state index in [9.17, 15) is 0 Å². The van der Waals surface area contributed by atoms with Crippen molar-refractivity contribution in [1.29, 1.82) is 0 Å². The van der Waals surface area contributed by atoms with Crippen molar-refractivity contribution in [3.8, 4) is 0 Å². The summed E-state index contributed by atoms with van der Waals surface area (Å²) in [4.78, 5) is 0. The first-order chi connectivity index (χ1) is 26.2. The van der Waals surface area contributed by atoms with Gasteiger partial charge in [-0.05, 0) is 36.1 Å². The predicted octanol–water partition coefficient (Wildman–Crippen LogP) is 8.65. The zero-order valence-corrected chi connectivity index (χ0v) is 39.4. The second-order valence-electron chi connectivity index (χ2n) is 16.3. The van der Waals surface area contributed by atoms with E-state index in [2.05, 4.69) is 166 Å². The molecule has 0 heterocycles. The van der Waals surface area contributed by atoms with Gasteiger partial charge in [-0.15, -0.1) is 45.3 Å². The quantitative estimate of drug-likeness (QED) is 0.156. The molecule has 0 N–H and O–H groups in total. The Hall–Kier alpha value is -3.29. The van der Waals surface area contributed by atoms with Gasteiger partial charge in [-0.1, -0.05) is 113 Å². The monoisotopic (exact) mass is 902 g/mol. The van der Waals surface area contributed by atoms with E-state index >= 15 is 0 Å². The Morgan fingerprint density at radius 3 is 1.47 bits per heavy atom. The molecule has 0 aromatic heterocycles. The minimum Gasteiger partial charge on any atom is -1.00 e. The zero-order chi connectivity index (χ0) is 39.1. The van der Waals surface area contributed by atoms with Gasteiger partial charge in [-0.2, -0.15) is 11.6 Å². The smallest absolute Gasteiger partial charge is 1.00 e. The summed E-state index contributed by atoms with van der Waals surface area (Å²) in [6.07, 6.45) is 10.5. The molecule has 6 aromatic rings. The third kappa shape index (κ3) is 9.95. The fraction of sp³-hybridized carbons (Fsp3) is 0.212. The van der Waals surface area contributed by atoms with Crippen LogP contribution >= 0.6 is 23.2 Å². The molecule has 1 unspecified atom stereocenters. The van der Waals surface area contributed by atoms with Crippen LogP contribution in [0.15, 0.2) is 133 Å². The normalized spacial score (nSPS) is 16.4. The van der Waals surface area contributed by atoms with Crippen molar-refractivity contribution < 1.29 is 47.1 Å². The van der Waals surface area contributed by atoms with E-state index in [1.165, 1.54) is 82.8 Å². The summed E-state index contributed by atoms with van der Waals surface area (Å²) in [5, 5.41) is 7.14. The average molecular weight is 906 g/mol. The van der Waals surface area contributed by atoms with Crippen molar-refractivity contribution in [2.24, 2.45) is 5.92 Å². The van der Waals surface area contributed by atoms with Gasteiger partial charge in [0.15, 0.2) is 0 Å². The second kappa shape index (κ2) is 18.3. The van der Waals surface area contributed by atoms with Crippen LogP contribution in [-0.4, -0.2) is 7.42 Å². The molecular formula is C52H48Cl4Zr-4. The van der Waals surface area contributed by atoms with Crippen LogP contribution in [0.3, 0.4) is 0 Å². The molecule has 57 heavy (non-hydrogen) atoms. The third-order valence-corrected chi connectivity index (χ3v) is 13.9. The summed E-state index contributed by atoms with van der Waals surface area (Å²) in [5.41, 5.74) is 15.3. The van der Waals surface area contributed by atoms with Crippen molar-refractivity contribution >= 4 is 68.9 Å². The van der Waals surface area contributed by atoms with Gasteiger partial charge in [-0.3, -0.25) is 6.08 Å². The zero-order valence-electron chi connectivity index (χ0n) is 33.9. The fourth-order valence-corrected chi connectivity index (χ4v) is 10.7. The average Bonchev–Trinajstić information content (AvgIpc) is 3.82. The van der Waals surface area contributed by atoms with Gasteiger partial charge < -0.3 is 24.8 Å². The first-order valence-electron chi connectivity index (χ1n) is 19.1. The largest absolute Gasteiger partial charge is 1.00 e. The Kier molecular flexibility index (Phi) is 14.4. The topological polar surface area (TPSA) is 0 Å². The number of rotatable bonds is 3. The minimum atomic E-state index is -0.623. The first kappa shape index (κ1) is 44.8. The summed E-state index contributed by atoms with van der Waals surface area (Å²) >= 11 is 11.0. The summed E-state index contributed by atoms with van der Waals surface area (Å²) in [6, 6.07) is 38.5. The maximum absolute atomic E-state index is 5.84. The molecule has 1 atom stereocenters. The van der Waals surface area contributed by atoms with E-state index in [0.29, 0.717) is 5.92 Å². The van der Waals surface area contributed by atoms with Gasteiger partial charge >= 0.3 is 123 Å². The first-order valence-corrected chi connectivity index (χ1v) is 22.7. The number of benzene rings is 5. The van der Waals surface area contributed by atoms with Gasteiger partial charge in [0, 0.05) is 10.8 Å². The predicted molar refractivity (Wildman–Crippen MR) is 240 cm³/mol. The number of fused-ring (bicyclic) bond motifs is 5. The Balaban J connectivity index is 0.000000170. The maximum atomic E-state index is 5.84. The van der Waals surface area contributed by atoms with Crippen LogP contribution in [0.4, 0.5) is 0 Å². The number of halogens is 4. The summed E-state index contributed by atoms with van der Waals surface area (Å²) in [6.45, 7) is 18.1. The van der Waals surface area contributed by atoms with Crippen molar-refractivity contribution in [1.82, 2.24) is 0 Å².